The lowest BCUT2D eigenvalue weighted by Crippen LogP contribution is -2.47. The number of carbonyl (C=O) groups is 2. The van der Waals surface area contributed by atoms with Crippen molar-refractivity contribution in [1.82, 2.24) is 0 Å². The molecule has 2 saturated heterocycles. The predicted molar refractivity (Wildman–Crippen MR) is 101 cm³/mol. The van der Waals surface area contributed by atoms with Crippen LogP contribution in [-0.2, 0) is 28.5 Å². The molecule has 0 aromatic rings. The highest BCUT2D eigenvalue weighted by atomic mass is 28.2. The topological polar surface area (TPSA) is 71.1 Å². The molecule has 2 rings (SSSR count). The van der Waals surface area contributed by atoms with E-state index in [1.165, 1.54) is 0 Å². The van der Waals surface area contributed by atoms with E-state index >= 15 is 0 Å². The third-order valence-corrected chi connectivity index (χ3v) is 8.20. The normalized spacial score (nSPS) is 31.8. The van der Waals surface area contributed by atoms with E-state index in [4.69, 9.17) is 18.9 Å². The molecule has 0 spiro atoms. The summed E-state index contributed by atoms with van der Waals surface area (Å²) < 4.78 is 22.4. The van der Waals surface area contributed by atoms with E-state index in [0.717, 1.165) is 50.7 Å². The minimum Gasteiger partial charge on any atom is -0.436 e. The minimum atomic E-state index is -0.715. The summed E-state index contributed by atoms with van der Waals surface area (Å²) in [6.07, 6.45) is 7.77. The van der Waals surface area contributed by atoms with Crippen LogP contribution in [0.25, 0.3) is 0 Å². The fourth-order valence-electron chi connectivity index (χ4n) is 3.09. The first-order valence-electron chi connectivity index (χ1n) is 8.95. The van der Waals surface area contributed by atoms with E-state index in [9.17, 15) is 9.59 Å². The van der Waals surface area contributed by atoms with Gasteiger partial charge >= 0.3 is 11.9 Å². The van der Waals surface area contributed by atoms with Crippen molar-refractivity contribution in [2.45, 2.75) is 49.3 Å². The second kappa shape index (κ2) is 9.03. The van der Waals surface area contributed by atoms with Crippen LogP contribution in [0.5, 0.6) is 0 Å². The van der Waals surface area contributed by atoms with E-state index in [0.29, 0.717) is 13.2 Å². The Morgan fingerprint density at radius 2 is 1.25 bits per heavy atom. The van der Waals surface area contributed by atoms with Gasteiger partial charge in [-0.1, -0.05) is 0 Å². The number of esters is 2. The van der Waals surface area contributed by atoms with Gasteiger partial charge in [0.2, 0.25) is 0 Å². The fraction of sp³-hybridized carbons (Fsp3) is 0.714. The van der Waals surface area contributed by atoms with Gasteiger partial charge in [0.05, 0.1) is 46.9 Å². The molecule has 2 fully saturated rings. The van der Waals surface area contributed by atoms with Crippen LogP contribution in [0.1, 0.15) is 38.5 Å². The Hall–Kier alpha value is -0.836. The maximum absolute atomic E-state index is 12.0. The summed E-state index contributed by atoms with van der Waals surface area (Å²) in [5, 5.41) is 0. The molecule has 0 aromatic carbocycles. The smallest absolute Gasteiger partial charge is 0.333 e. The highest BCUT2D eigenvalue weighted by Crippen LogP contribution is 2.26. The average Bonchev–Trinajstić information content (AvgIpc) is 2.61. The third kappa shape index (κ3) is 5.33. The largest absolute Gasteiger partial charge is 0.436 e. The molecule has 0 saturated carbocycles. The van der Waals surface area contributed by atoms with Crippen molar-refractivity contribution in [2.75, 3.05) is 13.2 Å². The molecule has 2 unspecified atom stereocenters. The molecule has 0 aliphatic carbocycles. The van der Waals surface area contributed by atoms with Crippen LogP contribution in [0.4, 0.5) is 0 Å². The number of ether oxygens (including phenoxy) is 4. The van der Waals surface area contributed by atoms with Gasteiger partial charge in [-0.15, -0.1) is 0 Å². The Balaban J connectivity index is 1.87. The summed E-state index contributed by atoms with van der Waals surface area (Å²) in [4.78, 5) is 24.0. The molecule has 0 N–H and O–H groups in total. The van der Waals surface area contributed by atoms with E-state index < -0.39 is 41.5 Å². The second-order valence-corrected chi connectivity index (χ2v) is 9.88. The Morgan fingerprint density at radius 1 is 0.833 bits per heavy atom. The van der Waals surface area contributed by atoms with Gasteiger partial charge in [-0.05, 0) is 25.7 Å². The zero-order valence-corrected chi connectivity index (χ0v) is 17.5. The van der Waals surface area contributed by atoms with Crippen molar-refractivity contribution in [2.24, 2.45) is 0 Å². The van der Waals surface area contributed by atoms with Crippen LogP contribution in [0.3, 0.4) is 0 Å². The minimum absolute atomic E-state index is 0.546. The fourth-order valence-corrected chi connectivity index (χ4v) is 5.56. The highest BCUT2D eigenvalue weighted by molar-refractivity contribution is 6.91. The first-order valence-corrected chi connectivity index (χ1v) is 13.2. The predicted octanol–water partition coefficient (Wildman–Crippen LogP) is -2.23. The lowest BCUT2D eigenvalue weighted by Gasteiger charge is -2.36. The van der Waals surface area contributed by atoms with Crippen LogP contribution < -0.4 is 0 Å². The Labute approximate surface area is 149 Å². The number of hydrogen-bond acceptors (Lipinski definition) is 6. The first-order chi connectivity index (χ1) is 11.5. The Morgan fingerprint density at radius 3 is 1.54 bits per heavy atom. The number of carbonyl (C=O) groups excluding carboxylic acids is 2. The zero-order chi connectivity index (χ0) is 17.5. The summed E-state index contributed by atoms with van der Waals surface area (Å²) in [7, 11) is 2.76. The summed E-state index contributed by atoms with van der Waals surface area (Å²) in [6, 6.07) is 0. The molecule has 0 bridgehead atoms. The monoisotopic (exact) mass is 368 g/mol. The zero-order valence-electron chi connectivity index (χ0n) is 14.7. The third-order valence-electron chi connectivity index (χ3n) is 4.64. The van der Waals surface area contributed by atoms with Gasteiger partial charge in [-0.2, -0.15) is 0 Å². The molecule has 0 radical (unpaired) electrons. The summed E-state index contributed by atoms with van der Waals surface area (Å²) in [5.41, 5.74) is -1.43. The van der Waals surface area contributed by atoms with E-state index in [1.807, 2.05) is 0 Å². The maximum atomic E-state index is 12.0. The lowest BCUT2D eigenvalue weighted by atomic mass is 10.2. The van der Waals surface area contributed by atoms with Gasteiger partial charge in [0.15, 0.2) is 10.8 Å². The SMILES string of the molecule is B[SiH2]C1(OC(=O)/C=C\C(=O)OC2([SiH2]B)CCCCO2)CCCCO1. The van der Waals surface area contributed by atoms with Gasteiger partial charge in [-0.3, -0.25) is 0 Å². The van der Waals surface area contributed by atoms with Crippen LogP contribution in [0.15, 0.2) is 12.2 Å². The molecule has 6 nitrogen and oxygen atoms in total. The van der Waals surface area contributed by atoms with Gasteiger partial charge in [-0.25, -0.2) is 9.59 Å². The molecule has 2 aliphatic heterocycles. The molecule has 2 heterocycles. The molecule has 132 valence electrons. The van der Waals surface area contributed by atoms with Gasteiger partial charge in [0.1, 0.15) is 0 Å². The van der Waals surface area contributed by atoms with Crippen LogP contribution in [-0.4, -0.2) is 69.6 Å². The quantitative estimate of drug-likeness (QED) is 0.300. The summed E-state index contributed by atoms with van der Waals surface area (Å²) >= 11 is 0. The Kier molecular flexibility index (Phi) is 7.33. The van der Waals surface area contributed by atoms with Crippen molar-refractivity contribution in [3.8, 4) is 0 Å². The van der Waals surface area contributed by atoms with Crippen LogP contribution >= 0.6 is 0 Å². The standard InChI is InChI=1S/C14H26B2O6Si2/c15-23-13(7-1-3-9-19-13)21-11(17)5-6-12(18)22-14(24-16)8-2-4-10-20-14/h5-6H,1-4,7-10,15-16,23-24H2/b6-5-. The van der Waals surface area contributed by atoms with Crippen LogP contribution in [0, 0.1) is 0 Å². The van der Waals surface area contributed by atoms with Gasteiger partial charge in [0.25, 0.3) is 0 Å². The van der Waals surface area contributed by atoms with Crippen molar-refractivity contribution in [3.05, 3.63) is 12.2 Å². The maximum Gasteiger partial charge on any atom is 0.333 e. The highest BCUT2D eigenvalue weighted by Gasteiger charge is 2.36. The molecule has 2 aliphatic rings. The van der Waals surface area contributed by atoms with Crippen molar-refractivity contribution in [1.29, 1.82) is 0 Å². The first kappa shape index (κ1) is 19.5. The summed E-state index contributed by atoms with van der Waals surface area (Å²) in [6.45, 7) is 1.25. The van der Waals surface area contributed by atoms with Gasteiger partial charge < -0.3 is 18.9 Å². The molecular formula is C14H26B2O6Si2. The van der Waals surface area contributed by atoms with E-state index in [-0.39, 0.29) is 0 Å². The molecular weight excluding hydrogens is 342 g/mol. The van der Waals surface area contributed by atoms with E-state index in [1.54, 1.807) is 0 Å². The van der Waals surface area contributed by atoms with Crippen molar-refractivity contribution >= 4 is 45.6 Å². The molecule has 0 aromatic heterocycles. The van der Waals surface area contributed by atoms with Crippen molar-refractivity contribution in [3.63, 3.8) is 0 Å². The molecule has 10 heteroatoms. The average molecular weight is 368 g/mol. The molecule has 24 heavy (non-hydrogen) atoms. The molecule has 0 amide bonds. The lowest BCUT2D eigenvalue weighted by molar-refractivity contribution is -0.204. The second-order valence-electron chi connectivity index (χ2n) is 6.32. The van der Waals surface area contributed by atoms with Crippen LogP contribution in [0.2, 0.25) is 0 Å². The molecule has 2 atom stereocenters. The Bertz CT molecular complexity index is 434. The number of hydrogen-bond donors (Lipinski definition) is 0. The number of rotatable bonds is 6. The summed E-state index contributed by atoms with van der Waals surface area (Å²) in [5.74, 6) is -1.09. The van der Waals surface area contributed by atoms with E-state index in [2.05, 4.69) is 14.9 Å². The van der Waals surface area contributed by atoms with Crippen molar-refractivity contribution < 1.29 is 28.5 Å². The van der Waals surface area contributed by atoms with Gasteiger partial charge in [0, 0.05) is 25.0 Å².